The molecule has 0 radical (unpaired) electrons. The lowest BCUT2D eigenvalue weighted by Crippen LogP contribution is -2.14. The van der Waals surface area contributed by atoms with Crippen LogP contribution in [-0.2, 0) is 0 Å². The maximum atomic E-state index is 11.7. The third kappa shape index (κ3) is 1.52. The van der Waals surface area contributed by atoms with Crippen molar-refractivity contribution >= 4 is 5.65 Å². The van der Waals surface area contributed by atoms with Crippen LogP contribution in [0.15, 0.2) is 41.6 Å². The van der Waals surface area contributed by atoms with E-state index >= 15 is 0 Å². The van der Waals surface area contributed by atoms with Crippen LogP contribution in [0, 0.1) is 6.92 Å². The molecule has 3 heterocycles. The fourth-order valence-corrected chi connectivity index (χ4v) is 1.84. The standard InChI is InChI=1S/C12H10N4O/c1-8-6-11(17)16-12(15-8)10(7-14-16)9-2-4-13-5-3-9/h2-7,14H,1H3. The molecule has 0 fully saturated rings. The van der Waals surface area contributed by atoms with Crippen LogP contribution in [0.25, 0.3) is 16.8 Å². The Labute approximate surface area is 96.8 Å². The van der Waals surface area contributed by atoms with Crippen LogP contribution in [0.2, 0.25) is 0 Å². The number of hydrogen-bond acceptors (Lipinski definition) is 3. The minimum Gasteiger partial charge on any atom is -0.296 e. The first-order valence-corrected chi connectivity index (χ1v) is 5.24. The van der Waals surface area contributed by atoms with Gasteiger partial charge in [0.05, 0.1) is 0 Å². The first kappa shape index (κ1) is 9.77. The van der Waals surface area contributed by atoms with Gasteiger partial charge in [-0.25, -0.2) is 9.50 Å². The molecule has 0 aliphatic heterocycles. The van der Waals surface area contributed by atoms with Gasteiger partial charge in [0, 0.05) is 35.9 Å². The van der Waals surface area contributed by atoms with Gasteiger partial charge in [0.25, 0.3) is 5.56 Å². The molecule has 0 aromatic carbocycles. The van der Waals surface area contributed by atoms with Gasteiger partial charge in [0.15, 0.2) is 5.65 Å². The van der Waals surface area contributed by atoms with Crippen molar-refractivity contribution in [2.24, 2.45) is 0 Å². The molecular formula is C12H10N4O. The lowest BCUT2D eigenvalue weighted by Gasteiger charge is -1.98. The Morgan fingerprint density at radius 3 is 2.82 bits per heavy atom. The van der Waals surface area contributed by atoms with Crippen LogP contribution >= 0.6 is 0 Å². The van der Waals surface area contributed by atoms with Crippen LogP contribution in [0.5, 0.6) is 0 Å². The van der Waals surface area contributed by atoms with Crippen molar-refractivity contribution in [2.75, 3.05) is 0 Å². The van der Waals surface area contributed by atoms with Gasteiger partial charge < -0.3 is 0 Å². The maximum Gasteiger partial charge on any atom is 0.272 e. The van der Waals surface area contributed by atoms with E-state index in [0.717, 1.165) is 11.1 Å². The lowest BCUT2D eigenvalue weighted by molar-refractivity contribution is 0.890. The van der Waals surface area contributed by atoms with Crippen molar-refractivity contribution in [2.45, 2.75) is 6.92 Å². The average Bonchev–Trinajstić information content (AvgIpc) is 2.74. The molecular weight excluding hydrogens is 216 g/mol. The van der Waals surface area contributed by atoms with E-state index in [1.165, 1.54) is 10.6 Å². The zero-order valence-corrected chi connectivity index (χ0v) is 9.21. The van der Waals surface area contributed by atoms with Gasteiger partial charge in [-0.2, -0.15) is 0 Å². The fraction of sp³-hybridized carbons (Fsp3) is 0.0833. The molecule has 1 N–H and O–H groups in total. The molecule has 0 bridgehead atoms. The number of hydrogen-bond donors (Lipinski definition) is 1. The molecule has 0 spiro atoms. The largest absolute Gasteiger partial charge is 0.296 e. The summed E-state index contributed by atoms with van der Waals surface area (Å²) in [6.07, 6.45) is 5.21. The smallest absolute Gasteiger partial charge is 0.272 e. The van der Waals surface area contributed by atoms with E-state index in [2.05, 4.69) is 15.1 Å². The SMILES string of the molecule is Cc1cc(=O)n2[nH]cc(-c3ccncc3)c2n1. The van der Waals surface area contributed by atoms with E-state index in [1.54, 1.807) is 18.6 Å². The molecule has 0 amide bonds. The number of nitrogens with one attached hydrogen (secondary N) is 1. The molecule has 0 saturated carbocycles. The third-order valence-electron chi connectivity index (χ3n) is 2.62. The van der Waals surface area contributed by atoms with Gasteiger partial charge in [-0.05, 0) is 24.6 Å². The first-order valence-electron chi connectivity index (χ1n) is 5.24. The third-order valence-corrected chi connectivity index (χ3v) is 2.62. The van der Waals surface area contributed by atoms with Gasteiger partial charge in [-0.15, -0.1) is 0 Å². The summed E-state index contributed by atoms with van der Waals surface area (Å²) in [7, 11) is 0. The van der Waals surface area contributed by atoms with Crippen molar-refractivity contribution in [3.05, 3.63) is 52.8 Å². The predicted octanol–water partition coefficient (Wildman–Crippen LogP) is 1.39. The molecule has 17 heavy (non-hydrogen) atoms. The van der Waals surface area contributed by atoms with Crippen LogP contribution < -0.4 is 5.56 Å². The van der Waals surface area contributed by atoms with E-state index in [4.69, 9.17) is 0 Å². The Hall–Kier alpha value is -2.43. The molecule has 5 heteroatoms. The highest BCUT2D eigenvalue weighted by Crippen LogP contribution is 2.21. The van der Waals surface area contributed by atoms with Gasteiger partial charge in [-0.1, -0.05) is 0 Å². The Morgan fingerprint density at radius 2 is 2.06 bits per heavy atom. The minimum atomic E-state index is -0.104. The summed E-state index contributed by atoms with van der Waals surface area (Å²) in [5.74, 6) is 0. The highest BCUT2D eigenvalue weighted by molar-refractivity contribution is 5.76. The van der Waals surface area contributed by atoms with Crippen molar-refractivity contribution in [3.63, 3.8) is 0 Å². The number of rotatable bonds is 1. The highest BCUT2D eigenvalue weighted by atomic mass is 16.1. The fourth-order valence-electron chi connectivity index (χ4n) is 1.84. The summed E-state index contributed by atoms with van der Waals surface area (Å²) in [5.41, 5.74) is 3.13. The molecule has 3 aromatic heterocycles. The van der Waals surface area contributed by atoms with Crippen molar-refractivity contribution in [3.8, 4) is 11.1 Å². The molecule has 3 aromatic rings. The molecule has 5 nitrogen and oxygen atoms in total. The van der Waals surface area contributed by atoms with Crippen LogP contribution in [0.4, 0.5) is 0 Å². The summed E-state index contributed by atoms with van der Waals surface area (Å²) in [6, 6.07) is 5.27. The number of pyridine rings is 1. The molecule has 0 saturated heterocycles. The second-order valence-corrected chi connectivity index (χ2v) is 3.82. The first-order chi connectivity index (χ1) is 8.25. The van der Waals surface area contributed by atoms with Gasteiger partial charge in [0.2, 0.25) is 0 Å². The lowest BCUT2D eigenvalue weighted by atomic mass is 10.1. The Bertz CT molecular complexity index is 727. The molecule has 0 aliphatic rings. The summed E-state index contributed by atoms with van der Waals surface area (Å²) in [4.78, 5) is 20.1. The second kappa shape index (κ2) is 3.55. The average molecular weight is 226 g/mol. The van der Waals surface area contributed by atoms with Crippen molar-refractivity contribution < 1.29 is 0 Å². The van der Waals surface area contributed by atoms with Gasteiger partial charge in [-0.3, -0.25) is 14.9 Å². The summed E-state index contributed by atoms with van der Waals surface area (Å²) < 4.78 is 1.43. The molecule has 84 valence electrons. The van der Waals surface area contributed by atoms with E-state index in [9.17, 15) is 4.79 Å². The van der Waals surface area contributed by atoms with Crippen molar-refractivity contribution in [1.29, 1.82) is 0 Å². The number of aromatic amines is 1. The van der Waals surface area contributed by atoms with Gasteiger partial charge >= 0.3 is 0 Å². The topological polar surface area (TPSA) is 63.0 Å². The van der Waals surface area contributed by atoms with E-state index in [0.29, 0.717) is 11.3 Å². The number of nitrogens with zero attached hydrogens (tertiary/aromatic N) is 3. The summed E-state index contributed by atoms with van der Waals surface area (Å²) in [6.45, 7) is 1.81. The number of fused-ring (bicyclic) bond motifs is 1. The Kier molecular flexibility index (Phi) is 2.04. The zero-order valence-electron chi connectivity index (χ0n) is 9.21. The number of aromatic nitrogens is 4. The molecule has 3 rings (SSSR count). The van der Waals surface area contributed by atoms with Crippen LogP contribution in [0.3, 0.4) is 0 Å². The zero-order chi connectivity index (χ0) is 11.8. The highest BCUT2D eigenvalue weighted by Gasteiger charge is 2.08. The minimum absolute atomic E-state index is 0.104. The normalized spacial score (nSPS) is 10.9. The Morgan fingerprint density at radius 1 is 1.29 bits per heavy atom. The van der Waals surface area contributed by atoms with E-state index < -0.39 is 0 Å². The molecule has 0 atom stereocenters. The summed E-state index contributed by atoms with van der Waals surface area (Å²) >= 11 is 0. The maximum absolute atomic E-state index is 11.7. The molecule has 0 unspecified atom stereocenters. The van der Waals surface area contributed by atoms with Crippen LogP contribution in [0.1, 0.15) is 5.69 Å². The second-order valence-electron chi connectivity index (χ2n) is 3.82. The monoisotopic (exact) mass is 226 g/mol. The predicted molar refractivity (Wildman–Crippen MR) is 63.8 cm³/mol. The number of aryl methyl sites for hydroxylation is 1. The number of H-pyrrole nitrogens is 1. The van der Waals surface area contributed by atoms with E-state index in [1.807, 2.05) is 19.1 Å². The summed E-state index contributed by atoms with van der Waals surface area (Å²) in [5, 5.41) is 2.90. The van der Waals surface area contributed by atoms with Crippen LogP contribution in [-0.4, -0.2) is 19.6 Å². The quantitative estimate of drug-likeness (QED) is 0.682. The molecule has 0 aliphatic carbocycles. The Balaban J connectivity index is 2.36. The van der Waals surface area contributed by atoms with Gasteiger partial charge in [0.1, 0.15) is 0 Å². The van der Waals surface area contributed by atoms with Crippen molar-refractivity contribution in [1.82, 2.24) is 19.6 Å². The van der Waals surface area contributed by atoms with E-state index in [-0.39, 0.29) is 5.56 Å².